The second-order valence-corrected chi connectivity index (χ2v) is 5.80. The Morgan fingerprint density at radius 1 is 1.56 bits per heavy atom. The minimum absolute atomic E-state index is 0.764. The largest absolute Gasteiger partial charge is 0.294 e. The van der Waals surface area contributed by atoms with Crippen molar-refractivity contribution >= 4 is 22.9 Å². The molecule has 1 fully saturated rings. The van der Waals surface area contributed by atoms with E-state index in [4.69, 9.17) is 11.6 Å². The molecule has 0 bridgehead atoms. The van der Waals surface area contributed by atoms with Crippen LogP contribution in [0.25, 0.3) is 0 Å². The fourth-order valence-electron chi connectivity index (χ4n) is 2.05. The van der Waals surface area contributed by atoms with Crippen molar-refractivity contribution in [1.82, 2.24) is 9.88 Å². The molecule has 4 heteroatoms. The SMILES string of the molecule is Cc1csc(CN(CCCCl)C2CCC2)n1. The number of aryl methyl sites for hydroxylation is 1. The minimum atomic E-state index is 0.764. The van der Waals surface area contributed by atoms with Crippen LogP contribution in [0.1, 0.15) is 36.4 Å². The first kappa shape index (κ1) is 12.3. The van der Waals surface area contributed by atoms with Crippen molar-refractivity contribution < 1.29 is 0 Å². The Morgan fingerprint density at radius 3 is 2.88 bits per heavy atom. The fourth-order valence-corrected chi connectivity index (χ4v) is 2.97. The molecule has 1 aliphatic carbocycles. The minimum Gasteiger partial charge on any atom is -0.294 e. The molecule has 0 aliphatic heterocycles. The van der Waals surface area contributed by atoms with Gasteiger partial charge < -0.3 is 0 Å². The van der Waals surface area contributed by atoms with Gasteiger partial charge in [0.25, 0.3) is 0 Å². The molecule has 0 atom stereocenters. The van der Waals surface area contributed by atoms with E-state index < -0.39 is 0 Å². The summed E-state index contributed by atoms with van der Waals surface area (Å²) in [5, 5.41) is 3.38. The lowest BCUT2D eigenvalue weighted by atomic mass is 9.91. The maximum atomic E-state index is 5.78. The molecule has 1 saturated carbocycles. The van der Waals surface area contributed by atoms with Crippen LogP contribution in [0, 0.1) is 6.92 Å². The molecule has 16 heavy (non-hydrogen) atoms. The Bertz CT molecular complexity index is 323. The first-order chi connectivity index (χ1) is 7.79. The average molecular weight is 259 g/mol. The summed E-state index contributed by atoms with van der Waals surface area (Å²) in [6, 6.07) is 0.785. The molecule has 1 aliphatic rings. The van der Waals surface area contributed by atoms with Crippen LogP contribution in [0.2, 0.25) is 0 Å². The molecule has 1 aromatic heterocycles. The average Bonchev–Trinajstić information content (AvgIpc) is 2.58. The monoisotopic (exact) mass is 258 g/mol. The Hall–Kier alpha value is -0.120. The van der Waals surface area contributed by atoms with Crippen molar-refractivity contribution in [2.24, 2.45) is 0 Å². The quantitative estimate of drug-likeness (QED) is 0.727. The third kappa shape index (κ3) is 3.19. The molecule has 0 amide bonds. The predicted octanol–water partition coefficient (Wildman–Crippen LogP) is 3.43. The van der Waals surface area contributed by atoms with Gasteiger partial charge in [0.05, 0.1) is 6.54 Å². The molecule has 2 rings (SSSR count). The molecular formula is C12H19ClN2S. The molecule has 1 aromatic rings. The highest BCUT2D eigenvalue weighted by molar-refractivity contribution is 7.09. The summed E-state index contributed by atoms with van der Waals surface area (Å²) in [7, 11) is 0. The van der Waals surface area contributed by atoms with Crippen LogP contribution < -0.4 is 0 Å². The van der Waals surface area contributed by atoms with Crippen molar-refractivity contribution in [2.45, 2.75) is 45.2 Å². The highest BCUT2D eigenvalue weighted by Gasteiger charge is 2.25. The van der Waals surface area contributed by atoms with Crippen LogP contribution in [0.3, 0.4) is 0 Å². The number of thiazole rings is 1. The number of aromatic nitrogens is 1. The van der Waals surface area contributed by atoms with Crippen molar-refractivity contribution in [3.8, 4) is 0 Å². The lowest BCUT2D eigenvalue weighted by Gasteiger charge is -2.37. The number of rotatable bonds is 6. The van der Waals surface area contributed by atoms with Gasteiger partial charge in [-0.1, -0.05) is 6.42 Å². The van der Waals surface area contributed by atoms with Gasteiger partial charge in [-0.05, 0) is 26.2 Å². The van der Waals surface area contributed by atoms with E-state index in [1.807, 2.05) is 0 Å². The lowest BCUT2D eigenvalue weighted by Crippen LogP contribution is -2.40. The zero-order valence-electron chi connectivity index (χ0n) is 9.79. The highest BCUT2D eigenvalue weighted by Crippen LogP contribution is 2.27. The standard InChI is InChI=1S/C12H19ClN2S/c1-10-9-16-12(14-10)8-15(7-3-6-13)11-4-2-5-11/h9,11H,2-8H2,1H3. The Balaban J connectivity index is 1.90. The number of hydrogen-bond donors (Lipinski definition) is 0. The zero-order chi connectivity index (χ0) is 11.4. The third-order valence-corrected chi connectivity index (χ3v) is 4.39. The van der Waals surface area contributed by atoms with Gasteiger partial charge in [0, 0.05) is 29.5 Å². The van der Waals surface area contributed by atoms with Gasteiger partial charge in [0.2, 0.25) is 0 Å². The van der Waals surface area contributed by atoms with Gasteiger partial charge in [-0.15, -0.1) is 22.9 Å². The van der Waals surface area contributed by atoms with E-state index in [1.54, 1.807) is 11.3 Å². The highest BCUT2D eigenvalue weighted by atomic mass is 35.5. The van der Waals surface area contributed by atoms with Crippen molar-refractivity contribution in [2.75, 3.05) is 12.4 Å². The van der Waals surface area contributed by atoms with E-state index >= 15 is 0 Å². The number of alkyl halides is 1. The second kappa shape index (κ2) is 5.99. The van der Waals surface area contributed by atoms with E-state index in [0.29, 0.717) is 0 Å². The summed E-state index contributed by atoms with van der Waals surface area (Å²) < 4.78 is 0. The molecule has 1 heterocycles. The normalized spacial score (nSPS) is 16.7. The van der Waals surface area contributed by atoms with Crippen LogP contribution in [-0.2, 0) is 6.54 Å². The Labute approximate surface area is 107 Å². The fraction of sp³-hybridized carbons (Fsp3) is 0.750. The van der Waals surface area contributed by atoms with Crippen molar-refractivity contribution in [1.29, 1.82) is 0 Å². The van der Waals surface area contributed by atoms with Crippen LogP contribution in [0.15, 0.2) is 5.38 Å². The zero-order valence-corrected chi connectivity index (χ0v) is 11.4. The van der Waals surface area contributed by atoms with Crippen molar-refractivity contribution in [3.05, 3.63) is 16.1 Å². The van der Waals surface area contributed by atoms with Gasteiger partial charge in [-0.25, -0.2) is 4.98 Å². The smallest absolute Gasteiger partial charge is 0.107 e. The third-order valence-electron chi connectivity index (χ3n) is 3.17. The number of halogens is 1. The van der Waals surface area contributed by atoms with Gasteiger partial charge >= 0.3 is 0 Å². The molecule has 0 N–H and O–H groups in total. The van der Waals surface area contributed by atoms with Crippen LogP contribution in [0.4, 0.5) is 0 Å². The predicted molar refractivity (Wildman–Crippen MR) is 70.2 cm³/mol. The summed E-state index contributed by atoms with van der Waals surface area (Å²) >= 11 is 7.56. The molecule has 2 nitrogen and oxygen atoms in total. The molecule has 0 radical (unpaired) electrons. The second-order valence-electron chi connectivity index (χ2n) is 4.48. The first-order valence-corrected chi connectivity index (χ1v) is 7.42. The van der Waals surface area contributed by atoms with E-state index in [1.165, 1.54) is 24.3 Å². The maximum Gasteiger partial charge on any atom is 0.107 e. The first-order valence-electron chi connectivity index (χ1n) is 6.00. The van der Waals surface area contributed by atoms with Gasteiger partial charge in [-0.2, -0.15) is 0 Å². The summed E-state index contributed by atoms with van der Waals surface area (Å²) in [5.41, 5.74) is 1.14. The molecule has 90 valence electrons. The van der Waals surface area contributed by atoms with Crippen LogP contribution in [0.5, 0.6) is 0 Å². The van der Waals surface area contributed by atoms with E-state index in [0.717, 1.165) is 37.1 Å². The summed E-state index contributed by atoms with van der Waals surface area (Å²) in [6.45, 7) is 4.19. The lowest BCUT2D eigenvalue weighted by molar-refractivity contribution is 0.120. The molecule has 0 aromatic carbocycles. The summed E-state index contributed by atoms with van der Waals surface area (Å²) in [5.74, 6) is 0.764. The Morgan fingerprint density at radius 2 is 2.38 bits per heavy atom. The van der Waals surface area contributed by atoms with E-state index in [9.17, 15) is 0 Å². The van der Waals surface area contributed by atoms with Gasteiger partial charge in [-0.3, -0.25) is 4.90 Å². The topological polar surface area (TPSA) is 16.1 Å². The van der Waals surface area contributed by atoms with Crippen LogP contribution >= 0.6 is 22.9 Å². The Kier molecular flexibility index (Phi) is 4.62. The number of hydrogen-bond acceptors (Lipinski definition) is 3. The van der Waals surface area contributed by atoms with Crippen molar-refractivity contribution in [3.63, 3.8) is 0 Å². The van der Waals surface area contributed by atoms with Gasteiger partial charge in [0.15, 0.2) is 0 Å². The van der Waals surface area contributed by atoms with Gasteiger partial charge in [0.1, 0.15) is 5.01 Å². The van der Waals surface area contributed by atoms with Crippen LogP contribution in [-0.4, -0.2) is 28.4 Å². The maximum absolute atomic E-state index is 5.78. The van der Waals surface area contributed by atoms with E-state index in [-0.39, 0.29) is 0 Å². The summed E-state index contributed by atoms with van der Waals surface area (Å²) in [4.78, 5) is 7.10. The molecule has 0 spiro atoms. The molecule has 0 saturated heterocycles. The van der Waals surface area contributed by atoms with E-state index in [2.05, 4.69) is 22.2 Å². The molecular weight excluding hydrogens is 240 g/mol. The molecule has 0 unspecified atom stereocenters. The summed E-state index contributed by atoms with van der Waals surface area (Å²) in [6.07, 6.45) is 5.18. The number of nitrogens with zero attached hydrogens (tertiary/aromatic N) is 2.